The highest BCUT2D eigenvalue weighted by Gasteiger charge is 2.51. The van der Waals surface area contributed by atoms with Crippen LogP contribution in [0, 0.1) is 0 Å². The van der Waals surface area contributed by atoms with E-state index in [9.17, 15) is 0 Å². The quantitative estimate of drug-likeness (QED) is 0.398. The highest BCUT2D eigenvalue weighted by Crippen LogP contribution is 2.74. The van der Waals surface area contributed by atoms with Gasteiger partial charge in [-0.15, -0.1) is 0 Å². The summed E-state index contributed by atoms with van der Waals surface area (Å²) in [5.41, 5.74) is 3.04. The van der Waals surface area contributed by atoms with Crippen molar-refractivity contribution in [1.29, 1.82) is 0 Å². The molecule has 2 aromatic rings. The van der Waals surface area contributed by atoms with Crippen LogP contribution in [0.5, 0.6) is 0 Å². The van der Waals surface area contributed by atoms with Gasteiger partial charge in [0.25, 0.3) is 0 Å². The highest BCUT2D eigenvalue weighted by atomic mass is 31.2. The van der Waals surface area contributed by atoms with Crippen molar-refractivity contribution in [3.63, 3.8) is 0 Å². The first-order valence-corrected chi connectivity index (χ1v) is 15.8. The Bertz CT molecular complexity index is 659. The monoisotopic (exact) mass is 416 g/mol. The van der Waals surface area contributed by atoms with E-state index in [1.807, 2.05) is 0 Å². The maximum absolute atomic E-state index is 2.63. The number of hydrogen-bond acceptors (Lipinski definition) is 0. The van der Waals surface area contributed by atoms with Crippen LogP contribution in [0.3, 0.4) is 0 Å². The van der Waals surface area contributed by atoms with Crippen molar-refractivity contribution in [3.8, 4) is 0 Å². The van der Waals surface area contributed by atoms with Gasteiger partial charge in [0.15, 0.2) is 0 Å². The predicted molar refractivity (Wildman–Crippen MR) is 135 cm³/mol. The molecule has 0 spiro atoms. The summed E-state index contributed by atoms with van der Waals surface area (Å²) in [5, 5.41) is 0.774. The molecule has 0 saturated carbocycles. The molecular formula is C26H42P2+2. The summed E-state index contributed by atoms with van der Waals surface area (Å²) in [7, 11) is -2.24. The molecule has 2 heteroatoms. The fourth-order valence-corrected chi connectivity index (χ4v) is 11.9. The van der Waals surface area contributed by atoms with Crippen LogP contribution in [0.15, 0.2) is 60.7 Å². The van der Waals surface area contributed by atoms with E-state index in [2.05, 4.69) is 116 Å². The SMILES string of the molecule is CC(C)(C)[P+](C)(CC[P+](C)(Cc1ccccc1)C(C)(C)C)Cc1ccccc1. The van der Waals surface area contributed by atoms with Crippen molar-refractivity contribution in [3.05, 3.63) is 71.8 Å². The molecule has 0 fully saturated rings. The first-order chi connectivity index (χ1) is 12.9. The van der Waals surface area contributed by atoms with E-state index in [0.717, 1.165) is 0 Å². The van der Waals surface area contributed by atoms with Crippen molar-refractivity contribution in [2.75, 3.05) is 25.7 Å². The lowest BCUT2D eigenvalue weighted by atomic mass is 10.2. The van der Waals surface area contributed by atoms with E-state index in [1.54, 1.807) is 0 Å². The molecule has 0 radical (unpaired) electrons. The lowest BCUT2D eigenvalue weighted by Crippen LogP contribution is -2.29. The second kappa shape index (κ2) is 8.98. The Morgan fingerprint density at radius 2 is 0.821 bits per heavy atom. The molecule has 0 bridgehead atoms. The van der Waals surface area contributed by atoms with Crippen molar-refractivity contribution in [2.45, 2.75) is 64.2 Å². The first-order valence-electron chi connectivity index (χ1n) is 10.6. The third-order valence-electron chi connectivity index (χ3n) is 7.07. The molecule has 2 rings (SSSR count). The van der Waals surface area contributed by atoms with E-state index in [1.165, 1.54) is 35.8 Å². The second-order valence-electron chi connectivity index (χ2n) is 10.9. The molecule has 0 heterocycles. The van der Waals surface area contributed by atoms with Gasteiger partial charge in [0, 0.05) is 27.9 Å². The van der Waals surface area contributed by atoms with Gasteiger partial charge in [-0.3, -0.25) is 0 Å². The summed E-state index contributed by atoms with van der Waals surface area (Å²) in [6.45, 7) is 20.1. The topological polar surface area (TPSA) is 0 Å². The summed E-state index contributed by atoms with van der Waals surface area (Å²) in [5.74, 6) is 0. The molecule has 0 aliphatic rings. The average molecular weight is 417 g/mol. The molecule has 0 aliphatic heterocycles. The predicted octanol–water partition coefficient (Wildman–Crippen LogP) is 8.28. The summed E-state index contributed by atoms with van der Waals surface area (Å²) >= 11 is 0. The van der Waals surface area contributed by atoms with Crippen LogP contribution in [0.4, 0.5) is 0 Å². The van der Waals surface area contributed by atoms with Crippen LogP contribution in [-0.4, -0.2) is 36.0 Å². The normalized spacial score (nSPS) is 17.0. The Labute approximate surface area is 176 Å². The van der Waals surface area contributed by atoms with Gasteiger partial charge in [0.2, 0.25) is 0 Å². The summed E-state index contributed by atoms with van der Waals surface area (Å²) in [6, 6.07) is 22.4. The van der Waals surface area contributed by atoms with E-state index >= 15 is 0 Å². The minimum absolute atomic E-state index is 0.387. The Hall–Kier alpha value is -0.700. The molecule has 154 valence electrons. The van der Waals surface area contributed by atoms with E-state index in [-0.39, 0.29) is 0 Å². The van der Waals surface area contributed by atoms with Gasteiger partial charge >= 0.3 is 0 Å². The zero-order valence-corrected chi connectivity index (χ0v) is 21.3. The minimum Gasteiger partial charge on any atom is -0.0622 e. The Balaban J connectivity index is 2.26. The maximum atomic E-state index is 2.63. The van der Waals surface area contributed by atoms with Crippen LogP contribution in [0.25, 0.3) is 0 Å². The van der Waals surface area contributed by atoms with Crippen molar-refractivity contribution in [2.24, 2.45) is 0 Å². The van der Waals surface area contributed by atoms with Gasteiger partial charge in [-0.2, -0.15) is 0 Å². The molecule has 0 aromatic heterocycles. The molecule has 0 aliphatic carbocycles. The van der Waals surface area contributed by atoms with Crippen LogP contribution in [0.2, 0.25) is 0 Å². The van der Waals surface area contributed by atoms with Gasteiger partial charge in [0.05, 0.1) is 35.0 Å². The van der Waals surface area contributed by atoms with Crippen molar-refractivity contribution >= 4 is 14.5 Å². The van der Waals surface area contributed by atoms with Crippen LogP contribution in [0.1, 0.15) is 52.7 Å². The highest BCUT2D eigenvalue weighted by molar-refractivity contribution is 7.79. The fourth-order valence-electron chi connectivity index (χ4n) is 3.72. The molecule has 0 N–H and O–H groups in total. The number of benzene rings is 2. The zero-order chi connectivity index (χ0) is 21.1. The maximum Gasteiger partial charge on any atom is 0.0935 e. The molecular weight excluding hydrogens is 374 g/mol. The Kier molecular flexibility index (Phi) is 7.56. The molecule has 0 amide bonds. The number of hydrogen-bond donors (Lipinski definition) is 0. The second-order valence-corrected chi connectivity index (χ2v) is 20.7. The largest absolute Gasteiger partial charge is 0.0935 e. The van der Waals surface area contributed by atoms with Crippen LogP contribution in [-0.2, 0) is 12.3 Å². The fraction of sp³-hybridized carbons (Fsp3) is 0.538. The van der Waals surface area contributed by atoms with E-state index in [4.69, 9.17) is 0 Å². The molecule has 2 atom stereocenters. The van der Waals surface area contributed by atoms with Crippen LogP contribution < -0.4 is 0 Å². The van der Waals surface area contributed by atoms with Gasteiger partial charge in [-0.05, 0) is 52.7 Å². The van der Waals surface area contributed by atoms with Gasteiger partial charge in [-0.1, -0.05) is 60.7 Å². The lowest BCUT2D eigenvalue weighted by Gasteiger charge is -2.40. The third-order valence-corrected chi connectivity index (χ3v) is 18.5. The summed E-state index contributed by atoms with van der Waals surface area (Å²) in [6.07, 6.45) is 5.35. The summed E-state index contributed by atoms with van der Waals surface area (Å²) < 4.78 is 0. The van der Waals surface area contributed by atoms with E-state index in [0.29, 0.717) is 10.3 Å². The molecule has 0 saturated heterocycles. The number of rotatable bonds is 7. The van der Waals surface area contributed by atoms with E-state index < -0.39 is 14.5 Å². The van der Waals surface area contributed by atoms with Crippen LogP contribution >= 0.6 is 14.5 Å². The molecule has 28 heavy (non-hydrogen) atoms. The Morgan fingerprint density at radius 1 is 0.536 bits per heavy atom. The van der Waals surface area contributed by atoms with Gasteiger partial charge in [0.1, 0.15) is 0 Å². The smallest absolute Gasteiger partial charge is 0.0622 e. The first kappa shape index (κ1) is 23.6. The molecule has 2 aromatic carbocycles. The average Bonchev–Trinajstić information content (AvgIpc) is 2.60. The zero-order valence-electron chi connectivity index (χ0n) is 19.5. The van der Waals surface area contributed by atoms with Crippen molar-refractivity contribution in [1.82, 2.24) is 0 Å². The van der Waals surface area contributed by atoms with Gasteiger partial charge < -0.3 is 0 Å². The standard InChI is InChI=1S/C26H42P2/c1-25(2,3)27(7,21-23-15-11-9-12-16-23)19-20-28(8,26(4,5)6)22-24-17-13-10-14-18-24/h9-18H,19-22H2,1-8H3/q+2. The summed E-state index contributed by atoms with van der Waals surface area (Å²) in [4.78, 5) is 0. The Morgan fingerprint density at radius 3 is 1.07 bits per heavy atom. The van der Waals surface area contributed by atoms with Crippen molar-refractivity contribution < 1.29 is 0 Å². The minimum atomic E-state index is -1.12. The van der Waals surface area contributed by atoms with Gasteiger partial charge in [-0.25, -0.2) is 0 Å². The lowest BCUT2D eigenvalue weighted by molar-refractivity contribution is 0.757. The molecule has 0 nitrogen and oxygen atoms in total. The third kappa shape index (κ3) is 5.90. The molecule has 2 unspecified atom stereocenters.